The Bertz CT molecular complexity index is 1110. The number of aromatic nitrogens is 5. The summed E-state index contributed by atoms with van der Waals surface area (Å²) >= 11 is 0. The smallest absolute Gasteiger partial charge is 0.228 e. The molecule has 0 unspecified atom stereocenters. The largest absolute Gasteiger partial charge is 0.324 e. The molecule has 1 N–H and O–H groups in total. The lowest BCUT2D eigenvalue weighted by Crippen LogP contribution is -2.45. The quantitative estimate of drug-likeness (QED) is 0.464. The van der Waals surface area contributed by atoms with Crippen molar-refractivity contribution < 1.29 is 0 Å². The number of likely N-dealkylation sites (N-methyl/N-ethyl adjacent to an activating group) is 1. The third-order valence-corrected chi connectivity index (χ3v) is 6.72. The first-order chi connectivity index (χ1) is 16.1. The molecule has 8 nitrogen and oxygen atoms in total. The van der Waals surface area contributed by atoms with Crippen molar-refractivity contribution in [2.45, 2.75) is 53.1 Å². The lowest BCUT2D eigenvalue weighted by molar-refractivity contribution is 0.132. The molecule has 1 fully saturated rings. The Morgan fingerprint density at radius 2 is 1.76 bits per heavy atom. The first kappa shape index (κ1) is 22.0. The van der Waals surface area contributed by atoms with Gasteiger partial charge in [0.25, 0.3) is 0 Å². The van der Waals surface area contributed by atoms with Gasteiger partial charge < -0.3 is 14.8 Å². The van der Waals surface area contributed by atoms with Crippen LogP contribution in [-0.2, 0) is 19.4 Å². The lowest BCUT2D eigenvalue weighted by atomic mass is 10.2. The molecular weight excluding hydrogens is 412 g/mol. The molecule has 0 saturated carbocycles. The summed E-state index contributed by atoms with van der Waals surface area (Å²) < 4.78 is 2.32. The van der Waals surface area contributed by atoms with E-state index >= 15 is 0 Å². The van der Waals surface area contributed by atoms with E-state index in [-0.39, 0.29) is 0 Å². The molecule has 0 radical (unpaired) electrons. The summed E-state index contributed by atoms with van der Waals surface area (Å²) in [5, 5.41) is 3.29. The molecule has 1 aliphatic heterocycles. The molecule has 4 heterocycles. The predicted molar refractivity (Wildman–Crippen MR) is 131 cm³/mol. The first-order valence-corrected chi connectivity index (χ1v) is 12.2. The molecule has 33 heavy (non-hydrogen) atoms. The number of nitrogens with one attached hydrogen (secondary N) is 1. The molecule has 8 heteroatoms. The Labute approximate surface area is 196 Å². The van der Waals surface area contributed by atoms with Crippen LogP contribution < -0.4 is 5.32 Å². The third-order valence-electron chi connectivity index (χ3n) is 6.72. The molecule has 1 saturated heterocycles. The normalized spacial score (nSPS) is 16.3. The van der Waals surface area contributed by atoms with Gasteiger partial charge in [-0.15, -0.1) is 0 Å². The molecular formula is C25H34N8. The summed E-state index contributed by atoms with van der Waals surface area (Å²) in [7, 11) is 0. The van der Waals surface area contributed by atoms with Crippen LogP contribution in [0, 0.1) is 0 Å². The van der Waals surface area contributed by atoms with Gasteiger partial charge in [0, 0.05) is 69.6 Å². The van der Waals surface area contributed by atoms with Gasteiger partial charge in [-0.05, 0) is 32.0 Å². The van der Waals surface area contributed by atoms with E-state index in [0.29, 0.717) is 12.0 Å². The number of rotatable bonds is 7. The summed E-state index contributed by atoms with van der Waals surface area (Å²) in [5.41, 5.74) is 5.63. The van der Waals surface area contributed by atoms with Gasteiger partial charge in [-0.1, -0.05) is 19.9 Å². The minimum atomic E-state index is 0.340. The fourth-order valence-electron chi connectivity index (χ4n) is 4.92. The number of nitrogens with zero attached hydrogens (tertiary/aromatic N) is 7. The van der Waals surface area contributed by atoms with Gasteiger partial charge in [0.05, 0.1) is 17.1 Å². The van der Waals surface area contributed by atoms with Crippen molar-refractivity contribution >= 4 is 11.8 Å². The van der Waals surface area contributed by atoms with Crippen LogP contribution in [0.4, 0.5) is 11.8 Å². The number of imidazole rings is 1. The Kier molecular flexibility index (Phi) is 6.12. The van der Waals surface area contributed by atoms with Crippen molar-refractivity contribution in [3.63, 3.8) is 0 Å². The summed E-state index contributed by atoms with van der Waals surface area (Å²) in [6.45, 7) is 15.4. The van der Waals surface area contributed by atoms with Crippen LogP contribution in [0.3, 0.4) is 0 Å². The molecule has 174 valence electrons. The molecule has 3 aromatic heterocycles. The van der Waals surface area contributed by atoms with Gasteiger partial charge in [0.1, 0.15) is 11.6 Å². The maximum atomic E-state index is 4.88. The highest BCUT2D eigenvalue weighted by Gasteiger charge is 2.29. The fourth-order valence-corrected chi connectivity index (χ4v) is 4.92. The van der Waals surface area contributed by atoms with Gasteiger partial charge in [-0.3, -0.25) is 4.90 Å². The minimum absolute atomic E-state index is 0.340. The van der Waals surface area contributed by atoms with Crippen molar-refractivity contribution in [3.05, 3.63) is 47.2 Å². The maximum Gasteiger partial charge on any atom is 0.228 e. The van der Waals surface area contributed by atoms with Crippen molar-refractivity contribution in [2.75, 3.05) is 38.0 Å². The van der Waals surface area contributed by atoms with Crippen molar-refractivity contribution in [1.82, 2.24) is 34.3 Å². The second kappa shape index (κ2) is 9.19. The van der Waals surface area contributed by atoms with Crippen LogP contribution in [0.25, 0.3) is 11.4 Å². The summed E-state index contributed by atoms with van der Waals surface area (Å²) in [6.07, 6.45) is 5.60. The molecule has 0 bridgehead atoms. The van der Waals surface area contributed by atoms with E-state index in [1.807, 2.05) is 18.5 Å². The number of pyridine rings is 1. The Morgan fingerprint density at radius 1 is 0.970 bits per heavy atom. The lowest BCUT2D eigenvalue weighted by Gasteiger charge is -2.33. The molecule has 5 rings (SSSR count). The van der Waals surface area contributed by atoms with Gasteiger partial charge in [-0.2, -0.15) is 0 Å². The van der Waals surface area contributed by atoms with E-state index in [1.165, 1.54) is 5.56 Å². The number of hydrogen-bond donors (Lipinski definition) is 1. The maximum absolute atomic E-state index is 4.88. The molecule has 0 amide bonds. The van der Waals surface area contributed by atoms with E-state index in [1.54, 1.807) is 0 Å². The second-order valence-corrected chi connectivity index (χ2v) is 9.27. The molecule has 2 aliphatic rings. The Balaban J connectivity index is 1.29. The van der Waals surface area contributed by atoms with E-state index in [9.17, 15) is 0 Å². The number of anilines is 2. The fraction of sp³-hybridized carbons (Fsp3) is 0.520. The van der Waals surface area contributed by atoms with Gasteiger partial charge in [-0.25, -0.2) is 19.9 Å². The third kappa shape index (κ3) is 4.37. The average molecular weight is 447 g/mol. The van der Waals surface area contributed by atoms with Gasteiger partial charge in [0.2, 0.25) is 5.95 Å². The Hall–Kier alpha value is -2.84. The number of piperazine rings is 1. The van der Waals surface area contributed by atoms with Crippen LogP contribution >= 0.6 is 0 Å². The van der Waals surface area contributed by atoms with Crippen LogP contribution in [0.15, 0.2) is 24.5 Å². The summed E-state index contributed by atoms with van der Waals surface area (Å²) in [5.74, 6) is 2.47. The molecule has 1 aliphatic carbocycles. The van der Waals surface area contributed by atoms with E-state index < -0.39 is 0 Å². The monoisotopic (exact) mass is 446 g/mol. The van der Waals surface area contributed by atoms with Crippen molar-refractivity contribution in [3.8, 4) is 11.4 Å². The summed E-state index contributed by atoms with van der Waals surface area (Å²) in [4.78, 5) is 23.9. The van der Waals surface area contributed by atoms with Crippen LogP contribution in [-0.4, -0.2) is 67.0 Å². The zero-order valence-electron chi connectivity index (χ0n) is 20.2. The van der Waals surface area contributed by atoms with E-state index in [2.05, 4.69) is 63.4 Å². The number of aryl methyl sites for hydroxylation is 1. The highest BCUT2D eigenvalue weighted by molar-refractivity contribution is 5.71. The van der Waals surface area contributed by atoms with Crippen LogP contribution in [0.1, 0.15) is 56.4 Å². The van der Waals surface area contributed by atoms with E-state index in [4.69, 9.17) is 9.97 Å². The molecule has 0 atom stereocenters. The highest BCUT2D eigenvalue weighted by atomic mass is 15.3. The van der Waals surface area contributed by atoms with Crippen molar-refractivity contribution in [2.24, 2.45) is 0 Å². The first-order valence-electron chi connectivity index (χ1n) is 12.2. The average Bonchev–Trinajstić information content (AvgIpc) is 3.36. The van der Waals surface area contributed by atoms with Crippen molar-refractivity contribution in [1.29, 1.82) is 0 Å². The Morgan fingerprint density at radius 3 is 2.42 bits per heavy atom. The zero-order valence-corrected chi connectivity index (χ0v) is 20.2. The SMILES string of the molecule is CCc1nc2c(n1C(C)C)-c1nc(Nc3ccc(CN4CCN(CC)CC4)cn3)ncc1C2. The molecule has 3 aromatic rings. The molecule has 0 spiro atoms. The topological polar surface area (TPSA) is 75.0 Å². The summed E-state index contributed by atoms with van der Waals surface area (Å²) in [6, 6.07) is 4.51. The number of fused-ring (bicyclic) bond motifs is 3. The highest BCUT2D eigenvalue weighted by Crippen LogP contribution is 2.37. The predicted octanol–water partition coefficient (Wildman–Crippen LogP) is 3.66. The van der Waals surface area contributed by atoms with Gasteiger partial charge in [0.15, 0.2) is 0 Å². The van der Waals surface area contributed by atoms with Gasteiger partial charge >= 0.3 is 0 Å². The second-order valence-electron chi connectivity index (χ2n) is 9.27. The van der Waals surface area contributed by atoms with Crippen LogP contribution in [0.5, 0.6) is 0 Å². The number of hydrogen-bond acceptors (Lipinski definition) is 7. The van der Waals surface area contributed by atoms with E-state index in [0.717, 1.165) is 86.4 Å². The molecule has 0 aromatic carbocycles. The van der Waals surface area contributed by atoms with Crippen LogP contribution in [0.2, 0.25) is 0 Å². The standard InChI is InChI=1S/C25H34N8/c1-5-22-28-20-13-19-15-27-25(30-23(19)24(20)33(22)17(3)4)29-21-8-7-18(14-26-21)16-32-11-9-31(6-2)10-12-32/h7-8,14-15,17H,5-6,9-13,16H2,1-4H3,(H,26,27,29,30). The zero-order chi connectivity index (χ0) is 22.9. The minimum Gasteiger partial charge on any atom is -0.324 e.